The average Bonchev–Trinajstić information content (AvgIpc) is 3.01. The van der Waals surface area contributed by atoms with Gasteiger partial charge in [0.05, 0.1) is 11.1 Å². The van der Waals surface area contributed by atoms with Crippen LogP contribution in [0.4, 0.5) is 13.2 Å². The van der Waals surface area contributed by atoms with E-state index >= 15 is 0 Å². The van der Waals surface area contributed by atoms with Gasteiger partial charge in [-0.05, 0) is 18.6 Å². The zero-order chi connectivity index (χ0) is 17.5. The fraction of sp³-hybridized carbons (Fsp3) is 0.438. The van der Waals surface area contributed by atoms with Crippen molar-refractivity contribution in [2.24, 2.45) is 5.92 Å². The lowest BCUT2D eigenvalue weighted by Gasteiger charge is -2.13. The number of hydrogen-bond acceptors (Lipinski definition) is 3. The largest absolute Gasteiger partial charge is 0.624 e. The number of alkyl halides is 3. The van der Waals surface area contributed by atoms with E-state index < -0.39 is 30.5 Å². The summed E-state index contributed by atoms with van der Waals surface area (Å²) in [5, 5.41) is 11.6. The third-order valence-electron chi connectivity index (χ3n) is 4.41. The number of fused-ring (bicyclic) bond motifs is 1. The summed E-state index contributed by atoms with van der Waals surface area (Å²) in [6.45, 7) is -0.494. The molecule has 3 rings (SSSR count). The van der Waals surface area contributed by atoms with E-state index in [1.54, 1.807) is 24.3 Å². The second kappa shape index (κ2) is 5.92. The minimum Gasteiger partial charge on any atom is -0.624 e. The first-order chi connectivity index (χ1) is 11.3. The van der Waals surface area contributed by atoms with Gasteiger partial charge in [0.15, 0.2) is 12.3 Å². The second-order valence-electron chi connectivity index (χ2n) is 5.98. The Morgan fingerprint density at radius 1 is 1.17 bits per heavy atom. The van der Waals surface area contributed by atoms with E-state index in [0.29, 0.717) is 15.9 Å². The summed E-state index contributed by atoms with van der Waals surface area (Å²) < 4.78 is 38.3. The maximum absolute atomic E-state index is 12.7. The minimum atomic E-state index is -4.38. The van der Waals surface area contributed by atoms with E-state index in [2.05, 4.69) is 0 Å². The summed E-state index contributed by atoms with van der Waals surface area (Å²) in [4.78, 5) is 25.4. The van der Waals surface area contributed by atoms with E-state index in [-0.39, 0.29) is 31.5 Å². The summed E-state index contributed by atoms with van der Waals surface area (Å²) in [7, 11) is 0. The van der Waals surface area contributed by atoms with Crippen LogP contribution in [0.25, 0.3) is 0 Å². The first-order valence-electron chi connectivity index (χ1n) is 7.60. The maximum Gasteiger partial charge on any atom is 0.398 e. The van der Waals surface area contributed by atoms with Crippen molar-refractivity contribution in [3.8, 4) is 0 Å². The standard InChI is InChI=1S/C16H15F3N2O3/c17-16(18,19)10-8-11(21(24)9-10)4-3-7-20-14(22)12-5-1-2-6-13(12)15(20)23/h1-2,5-6,10H,3-4,7-9H2. The molecule has 2 aliphatic heterocycles. The van der Waals surface area contributed by atoms with Crippen molar-refractivity contribution in [1.82, 2.24) is 4.90 Å². The van der Waals surface area contributed by atoms with Gasteiger partial charge >= 0.3 is 6.18 Å². The third-order valence-corrected chi connectivity index (χ3v) is 4.41. The molecule has 2 heterocycles. The fourth-order valence-electron chi connectivity index (χ4n) is 3.11. The summed E-state index contributed by atoms with van der Waals surface area (Å²) in [6, 6.07) is 6.45. The molecule has 24 heavy (non-hydrogen) atoms. The van der Waals surface area contributed by atoms with Crippen LogP contribution in [-0.4, -0.2) is 46.4 Å². The molecule has 0 aliphatic carbocycles. The molecule has 8 heteroatoms. The first kappa shape index (κ1) is 16.5. The van der Waals surface area contributed by atoms with Crippen molar-refractivity contribution in [2.45, 2.75) is 25.4 Å². The van der Waals surface area contributed by atoms with E-state index in [1.165, 1.54) is 0 Å². The number of hydroxylamine groups is 1. The number of carbonyl (C=O) groups excluding carboxylic acids is 2. The van der Waals surface area contributed by atoms with Crippen LogP contribution in [0.2, 0.25) is 0 Å². The Morgan fingerprint density at radius 2 is 1.75 bits per heavy atom. The van der Waals surface area contributed by atoms with Crippen molar-refractivity contribution in [3.05, 3.63) is 40.6 Å². The predicted molar refractivity (Wildman–Crippen MR) is 78.7 cm³/mol. The number of hydrogen-bond donors (Lipinski definition) is 0. The zero-order valence-electron chi connectivity index (χ0n) is 12.7. The lowest BCUT2D eigenvalue weighted by Crippen LogP contribution is -2.31. The van der Waals surface area contributed by atoms with Crippen LogP contribution in [0.3, 0.4) is 0 Å². The fourth-order valence-corrected chi connectivity index (χ4v) is 3.11. The first-order valence-corrected chi connectivity index (χ1v) is 7.60. The van der Waals surface area contributed by atoms with Crippen LogP contribution < -0.4 is 0 Å². The maximum atomic E-state index is 12.7. The van der Waals surface area contributed by atoms with Crippen LogP contribution >= 0.6 is 0 Å². The van der Waals surface area contributed by atoms with Crippen LogP contribution in [0, 0.1) is 11.1 Å². The molecule has 0 saturated carbocycles. The highest BCUT2D eigenvalue weighted by Gasteiger charge is 2.47. The van der Waals surface area contributed by atoms with Gasteiger partial charge in [-0.3, -0.25) is 14.5 Å². The Hall–Kier alpha value is -2.38. The Morgan fingerprint density at radius 3 is 2.25 bits per heavy atom. The highest BCUT2D eigenvalue weighted by atomic mass is 19.4. The predicted octanol–water partition coefficient (Wildman–Crippen LogP) is 2.60. The molecule has 1 unspecified atom stereocenters. The normalized spacial score (nSPS) is 21.0. The zero-order valence-corrected chi connectivity index (χ0v) is 12.7. The van der Waals surface area contributed by atoms with Gasteiger partial charge in [0.1, 0.15) is 5.92 Å². The van der Waals surface area contributed by atoms with Crippen molar-refractivity contribution in [2.75, 3.05) is 13.1 Å². The highest BCUT2D eigenvalue weighted by molar-refractivity contribution is 6.21. The Bertz CT molecular complexity index is 693. The molecule has 0 spiro atoms. The molecular weight excluding hydrogens is 325 g/mol. The highest BCUT2D eigenvalue weighted by Crippen LogP contribution is 2.33. The van der Waals surface area contributed by atoms with Gasteiger partial charge in [0.2, 0.25) is 0 Å². The molecule has 0 N–H and O–H groups in total. The minimum absolute atomic E-state index is 0.0837. The van der Waals surface area contributed by atoms with Crippen LogP contribution in [0.15, 0.2) is 24.3 Å². The molecule has 5 nitrogen and oxygen atoms in total. The van der Waals surface area contributed by atoms with Crippen molar-refractivity contribution < 1.29 is 27.5 Å². The molecule has 0 fully saturated rings. The van der Waals surface area contributed by atoms with Crippen LogP contribution in [-0.2, 0) is 0 Å². The van der Waals surface area contributed by atoms with Crippen LogP contribution in [0.1, 0.15) is 40.0 Å². The number of nitrogens with zero attached hydrogens (tertiary/aromatic N) is 2. The summed E-state index contributed by atoms with van der Waals surface area (Å²) in [6.07, 6.45) is -4.28. The molecular formula is C16H15F3N2O3. The third kappa shape index (κ3) is 2.88. The molecule has 1 aromatic carbocycles. The van der Waals surface area contributed by atoms with Crippen molar-refractivity contribution >= 4 is 17.5 Å². The van der Waals surface area contributed by atoms with Gasteiger partial charge in [0, 0.05) is 19.4 Å². The summed E-state index contributed by atoms with van der Waals surface area (Å²) in [5.41, 5.74) is 0.839. The second-order valence-corrected chi connectivity index (χ2v) is 5.98. The molecule has 0 bridgehead atoms. The number of carbonyl (C=O) groups is 2. The number of rotatable bonds is 4. The molecule has 0 saturated heterocycles. The molecule has 128 valence electrons. The topological polar surface area (TPSA) is 63.5 Å². The van der Waals surface area contributed by atoms with Gasteiger partial charge in [0.25, 0.3) is 11.8 Å². The molecule has 0 radical (unpaired) electrons. The van der Waals surface area contributed by atoms with E-state index in [9.17, 15) is 28.0 Å². The van der Waals surface area contributed by atoms with Gasteiger partial charge in [-0.15, -0.1) is 0 Å². The van der Waals surface area contributed by atoms with Gasteiger partial charge in [-0.25, -0.2) is 4.74 Å². The summed E-state index contributed by atoms with van der Waals surface area (Å²) >= 11 is 0. The van der Waals surface area contributed by atoms with E-state index in [1.807, 2.05) is 0 Å². The number of imide groups is 1. The van der Waals surface area contributed by atoms with Gasteiger partial charge < -0.3 is 5.21 Å². The quantitative estimate of drug-likeness (QED) is 0.481. The van der Waals surface area contributed by atoms with Crippen molar-refractivity contribution in [1.29, 1.82) is 0 Å². The Kier molecular flexibility index (Phi) is 4.06. The Labute approximate surface area is 136 Å². The van der Waals surface area contributed by atoms with Crippen LogP contribution in [0.5, 0.6) is 0 Å². The molecule has 0 aromatic heterocycles. The monoisotopic (exact) mass is 340 g/mol. The molecule has 2 aliphatic rings. The van der Waals surface area contributed by atoms with Gasteiger partial charge in [-0.1, -0.05) is 12.1 Å². The molecule has 1 aromatic rings. The lowest BCUT2D eigenvalue weighted by molar-refractivity contribution is -0.463. The van der Waals surface area contributed by atoms with Crippen molar-refractivity contribution in [3.63, 3.8) is 0 Å². The summed E-state index contributed by atoms with van der Waals surface area (Å²) in [5.74, 6) is -2.44. The lowest BCUT2D eigenvalue weighted by atomic mass is 10.0. The number of benzene rings is 1. The molecule has 1 atom stereocenters. The SMILES string of the molecule is O=C1c2ccccc2C(=O)N1CCCC1=[N+]([O-])CC(C(F)(F)F)C1. The average molecular weight is 340 g/mol. The smallest absolute Gasteiger partial charge is 0.398 e. The van der Waals surface area contributed by atoms with E-state index in [0.717, 1.165) is 4.90 Å². The molecule has 2 amide bonds. The number of halogens is 3. The Balaban J connectivity index is 1.58. The van der Waals surface area contributed by atoms with E-state index in [4.69, 9.17) is 0 Å². The number of amides is 2. The van der Waals surface area contributed by atoms with Gasteiger partial charge in [-0.2, -0.15) is 13.2 Å².